The highest BCUT2D eigenvalue weighted by Crippen LogP contribution is 2.20. The summed E-state index contributed by atoms with van der Waals surface area (Å²) >= 11 is 0. The van der Waals surface area contributed by atoms with Crippen LogP contribution in [0.15, 0.2) is 4.99 Å². The average molecular weight is 482 g/mol. The molecule has 1 aliphatic rings. The summed E-state index contributed by atoms with van der Waals surface area (Å²) in [6.07, 6.45) is -8.99. The largest absolute Gasteiger partial charge is 0.744 e. The van der Waals surface area contributed by atoms with E-state index in [0.717, 1.165) is 0 Å². The van der Waals surface area contributed by atoms with Crippen molar-refractivity contribution in [2.24, 2.45) is 10.7 Å². The molecule has 16 heteroatoms. The summed E-state index contributed by atoms with van der Waals surface area (Å²) in [6, 6.07) is -1.22. The summed E-state index contributed by atoms with van der Waals surface area (Å²) in [6.45, 7) is 4.28. The monoisotopic (exact) mass is 482 g/mol. The maximum absolute atomic E-state index is 12.5. The zero-order valence-electron chi connectivity index (χ0n) is 18.4. The number of aliphatic imine (C=N–C) groups is 1. The Kier molecular flexibility index (Phi) is 11.1. The smallest absolute Gasteiger partial charge is 0.408 e. The van der Waals surface area contributed by atoms with Gasteiger partial charge in [0.1, 0.15) is 42.7 Å². The molecule has 16 nitrogen and oxygen atoms in total. The van der Waals surface area contributed by atoms with Crippen molar-refractivity contribution in [2.75, 3.05) is 13.2 Å². The van der Waals surface area contributed by atoms with Gasteiger partial charge < -0.3 is 56.1 Å². The molecule has 1 aliphatic heterocycles. The third-order valence-corrected chi connectivity index (χ3v) is 4.20. The minimum atomic E-state index is -1.80. The van der Waals surface area contributed by atoms with E-state index < -0.39 is 66.4 Å². The Hall–Kier alpha value is -2.31. The van der Waals surface area contributed by atoms with E-state index in [9.17, 15) is 35.2 Å². The lowest BCUT2D eigenvalue weighted by Crippen LogP contribution is -2.59. The Labute approximate surface area is 189 Å². The van der Waals surface area contributed by atoms with Crippen molar-refractivity contribution in [1.82, 2.24) is 16.1 Å². The lowest BCUT2D eigenvalue weighted by atomic mass is 9.99. The number of carbonyl (C=O) groups excluding carboxylic acids is 2. The Morgan fingerprint density at radius 3 is 2.42 bits per heavy atom. The molecule has 0 bridgehead atoms. The molecular formula is C17H32N5O11-. The van der Waals surface area contributed by atoms with Crippen LogP contribution in [0.25, 0.3) is 0 Å². The maximum atomic E-state index is 12.5. The molecule has 0 spiro atoms. The zero-order chi connectivity index (χ0) is 25.3. The fourth-order valence-electron chi connectivity index (χ4n) is 2.66. The standard InChI is InChI=1S/C17H32N5O11/c1-17(2,3)33-16(28)20-8(5-4-6-19-15(18)21-22(29)30)13(26)31-7-9-10(23)11(24)12(25)14(27)32-9/h8-12,14,23-25,27,29H,4-7H2,1-3H3,(H,20,28)(H3,18,19,21)/q-1/t8-,9?,10+,11?,12?,14+/m1/s1. The molecule has 33 heavy (non-hydrogen) atoms. The number of aliphatic hydroxyl groups excluding tert-OH is 4. The van der Waals surface area contributed by atoms with Crippen molar-refractivity contribution >= 4 is 18.0 Å². The van der Waals surface area contributed by atoms with E-state index in [4.69, 9.17) is 25.2 Å². The van der Waals surface area contributed by atoms with Gasteiger partial charge in [-0.25, -0.2) is 9.59 Å². The number of ether oxygens (including phenoxy) is 3. The lowest BCUT2D eigenvalue weighted by Gasteiger charge is -2.38. The molecule has 0 aromatic rings. The van der Waals surface area contributed by atoms with Crippen LogP contribution in [0, 0.1) is 5.21 Å². The lowest BCUT2D eigenvalue weighted by molar-refractivity contribution is -0.287. The van der Waals surface area contributed by atoms with Crippen LogP contribution in [-0.4, -0.2) is 104 Å². The molecule has 1 saturated heterocycles. The number of hydrogen-bond acceptors (Lipinski definition) is 13. The van der Waals surface area contributed by atoms with Crippen LogP contribution in [0.5, 0.6) is 0 Å². The molecule has 0 aromatic carbocycles. The van der Waals surface area contributed by atoms with E-state index >= 15 is 0 Å². The van der Waals surface area contributed by atoms with Gasteiger partial charge in [-0.15, -0.1) is 0 Å². The van der Waals surface area contributed by atoms with Crippen molar-refractivity contribution in [3.63, 3.8) is 0 Å². The molecule has 6 atom stereocenters. The number of nitrogens with two attached hydrogens (primary N) is 1. The summed E-state index contributed by atoms with van der Waals surface area (Å²) in [5, 5.41) is 59.3. The first kappa shape index (κ1) is 28.7. The first-order valence-corrected chi connectivity index (χ1v) is 9.98. The molecule has 0 aliphatic carbocycles. The number of aliphatic hydroxyl groups is 4. The summed E-state index contributed by atoms with van der Waals surface area (Å²) in [4.78, 5) is 28.4. The van der Waals surface area contributed by atoms with E-state index in [0.29, 0.717) is 0 Å². The fraction of sp³-hybridized carbons (Fsp3) is 0.824. The topological polar surface area (TPSA) is 252 Å². The Balaban J connectivity index is 2.72. The number of hydrogen-bond donors (Lipinski definition) is 8. The van der Waals surface area contributed by atoms with Crippen LogP contribution >= 0.6 is 0 Å². The number of guanidine groups is 1. The molecule has 1 fully saturated rings. The molecule has 1 amide bonds. The third kappa shape index (κ3) is 10.4. The van der Waals surface area contributed by atoms with Crippen LogP contribution < -0.4 is 16.5 Å². The number of rotatable bonds is 9. The summed E-state index contributed by atoms with van der Waals surface area (Å²) < 4.78 is 15.1. The van der Waals surface area contributed by atoms with Gasteiger partial charge in [0.05, 0.1) is 0 Å². The highest BCUT2D eigenvalue weighted by atomic mass is 16.8. The van der Waals surface area contributed by atoms with Gasteiger partial charge in [-0.3, -0.25) is 10.4 Å². The predicted octanol–water partition coefficient (Wildman–Crippen LogP) is -2.99. The summed E-state index contributed by atoms with van der Waals surface area (Å²) in [5.41, 5.74) is 6.26. The summed E-state index contributed by atoms with van der Waals surface area (Å²) in [5.74, 6) is -1.32. The van der Waals surface area contributed by atoms with Crippen LogP contribution in [0.4, 0.5) is 4.79 Å². The second-order valence-corrected chi connectivity index (χ2v) is 8.16. The quantitative estimate of drug-likeness (QED) is 0.0536. The average Bonchev–Trinajstić information content (AvgIpc) is 2.68. The zero-order valence-corrected chi connectivity index (χ0v) is 18.4. The van der Waals surface area contributed by atoms with Gasteiger partial charge in [0.25, 0.3) is 0 Å². The number of nitrogens with zero attached hydrogens (tertiary/aromatic N) is 2. The normalized spacial score (nSPS) is 27.1. The van der Waals surface area contributed by atoms with E-state index in [1.807, 2.05) is 0 Å². The highest BCUT2D eigenvalue weighted by Gasteiger charge is 2.43. The van der Waals surface area contributed by atoms with Crippen molar-refractivity contribution in [1.29, 1.82) is 0 Å². The molecule has 1 heterocycles. The summed E-state index contributed by atoms with van der Waals surface area (Å²) in [7, 11) is 0. The van der Waals surface area contributed by atoms with Crippen molar-refractivity contribution in [2.45, 2.75) is 76.0 Å². The van der Waals surface area contributed by atoms with E-state index in [-0.39, 0.29) is 25.3 Å². The molecule has 0 radical (unpaired) electrons. The Morgan fingerprint density at radius 1 is 1.21 bits per heavy atom. The third-order valence-electron chi connectivity index (χ3n) is 4.20. The van der Waals surface area contributed by atoms with Gasteiger partial charge in [0, 0.05) is 6.54 Å². The molecule has 3 unspecified atom stereocenters. The van der Waals surface area contributed by atoms with Gasteiger partial charge in [-0.05, 0) is 33.6 Å². The number of nitrogens with one attached hydrogen (secondary N) is 2. The van der Waals surface area contributed by atoms with E-state index in [1.165, 1.54) is 0 Å². The van der Waals surface area contributed by atoms with Crippen molar-refractivity contribution in [3.8, 4) is 0 Å². The van der Waals surface area contributed by atoms with Crippen LogP contribution in [-0.2, 0) is 19.0 Å². The van der Waals surface area contributed by atoms with Crippen LogP contribution in [0.1, 0.15) is 33.6 Å². The number of hydrazine groups is 1. The van der Waals surface area contributed by atoms with Crippen molar-refractivity contribution in [3.05, 3.63) is 5.21 Å². The van der Waals surface area contributed by atoms with Crippen molar-refractivity contribution < 1.29 is 49.4 Å². The van der Waals surface area contributed by atoms with Crippen LogP contribution in [0.3, 0.4) is 0 Å². The SMILES string of the molecule is CC(C)(C)OC(=O)N[C@H](CCCN=C(N)NN([O-])O)C(=O)OCC1O[C@H](O)C(O)C(O)[C@H]1O. The molecular weight excluding hydrogens is 450 g/mol. The van der Waals surface area contributed by atoms with Gasteiger partial charge in [0.15, 0.2) is 6.29 Å². The molecule has 9 N–H and O–H groups in total. The van der Waals surface area contributed by atoms with Gasteiger partial charge in [-0.2, -0.15) is 5.34 Å². The highest BCUT2D eigenvalue weighted by molar-refractivity contribution is 5.81. The van der Waals surface area contributed by atoms with Gasteiger partial charge >= 0.3 is 12.1 Å². The Bertz CT molecular complexity index is 672. The molecule has 0 aromatic heterocycles. The van der Waals surface area contributed by atoms with Gasteiger partial charge in [-0.1, -0.05) is 0 Å². The second kappa shape index (κ2) is 12.8. The van der Waals surface area contributed by atoms with Gasteiger partial charge in [0.2, 0.25) is 5.96 Å². The minimum absolute atomic E-state index is 0.00683. The maximum Gasteiger partial charge on any atom is 0.408 e. The molecule has 0 saturated carbocycles. The number of esters is 1. The number of alkyl carbamates (subject to hydrolysis) is 1. The second-order valence-electron chi connectivity index (χ2n) is 8.16. The number of amides is 1. The minimum Gasteiger partial charge on any atom is -0.744 e. The fourth-order valence-corrected chi connectivity index (χ4v) is 2.66. The van der Waals surface area contributed by atoms with E-state index in [2.05, 4.69) is 10.3 Å². The Morgan fingerprint density at radius 2 is 1.85 bits per heavy atom. The van der Waals surface area contributed by atoms with Crippen LogP contribution in [0.2, 0.25) is 0 Å². The molecule has 192 valence electrons. The van der Waals surface area contributed by atoms with E-state index in [1.54, 1.807) is 26.2 Å². The first-order valence-electron chi connectivity index (χ1n) is 9.98. The number of carbonyl (C=O) groups is 2. The molecule has 1 rings (SSSR count). The predicted molar refractivity (Wildman–Crippen MR) is 109 cm³/mol. The first-order chi connectivity index (χ1) is 15.2.